The fourth-order valence-electron chi connectivity index (χ4n) is 3.62. The molecule has 0 aliphatic carbocycles. The van der Waals surface area contributed by atoms with Gasteiger partial charge < -0.3 is 9.47 Å². The molecule has 2 heterocycles. The molecule has 2 aromatic carbocycles. The maximum absolute atomic E-state index is 12.6. The lowest BCUT2D eigenvalue weighted by Gasteiger charge is -2.33. The number of amides is 1. The number of rotatable bonds is 2. The van der Waals surface area contributed by atoms with Gasteiger partial charge in [0.25, 0.3) is 11.5 Å². The summed E-state index contributed by atoms with van der Waals surface area (Å²) in [5.41, 5.74) is 1.69. The number of fused-ring (bicyclic) bond motifs is 1. The monoisotopic (exact) mass is 331 g/mol. The van der Waals surface area contributed by atoms with Crippen LogP contribution in [-0.4, -0.2) is 28.5 Å². The van der Waals surface area contributed by atoms with E-state index in [4.69, 9.17) is 0 Å². The highest BCUT2D eigenvalue weighted by molar-refractivity contribution is 5.94. The molecule has 25 heavy (non-hydrogen) atoms. The Hall–Kier alpha value is -2.88. The Morgan fingerprint density at radius 1 is 0.960 bits per heavy atom. The minimum absolute atomic E-state index is 0.0297. The Labute approximate surface area is 146 Å². The fourth-order valence-corrected chi connectivity index (χ4v) is 3.62. The quantitative estimate of drug-likeness (QED) is 0.723. The molecule has 0 bridgehead atoms. The number of benzene rings is 2. The second kappa shape index (κ2) is 6.55. The SMILES string of the molecule is O=C(c1cc[c]cc1)N1CCC(n2c(=O)ccc3ccccc32)CC1. The summed E-state index contributed by atoms with van der Waals surface area (Å²) in [5.74, 6) is 0.0534. The van der Waals surface area contributed by atoms with Crippen LogP contribution >= 0.6 is 0 Å². The number of nitrogens with zero attached hydrogens (tertiary/aromatic N) is 2. The maximum atomic E-state index is 12.6. The Balaban J connectivity index is 1.56. The average Bonchev–Trinajstić information content (AvgIpc) is 2.68. The van der Waals surface area contributed by atoms with Gasteiger partial charge >= 0.3 is 0 Å². The first-order valence-corrected chi connectivity index (χ1v) is 8.60. The lowest BCUT2D eigenvalue weighted by Crippen LogP contribution is -2.40. The van der Waals surface area contributed by atoms with E-state index in [9.17, 15) is 9.59 Å². The van der Waals surface area contributed by atoms with Crippen molar-refractivity contribution < 1.29 is 4.79 Å². The zero-order valence-electron chi connectivity index (χ0n) is 13.9. The first-order valence-electron chi connectivity index (χ1n) is 8.60. The molecule has 0 N–H and O–H groups in total. The standard InChI is InChI=1S/C21H19N2O2/c24-20-11-10-16-6-4-5-9-19(16)23(20)18-12-14-22(15-13-18)21(25)17-7-2-1-3-8-17/h2-11,18H,12-15H2. The lowest BCUT2D eigenvalue weighted by molar-refractivity contribution is 0.0695. The van der Waals surface area contributed by atoms with Gasteiger partial charge in [-0.15, -0.1) is 0 Å². The molecular weight excluding hydrogens is 312 g/mol. The highest BCUT2D eigenvalue weighted by Crippen LogP contribution is 2.25. The molecule has 4 heteroatoms. The highest BCUT2D eigenvalue weighted by atomic mass is 16.2. The van der Waals surface area contributed by atoms with Crippen molar-refractivity contribution in [3.05, 3.63) is 82.6 Å². The minimum Gasteiger partial charge on any atom is -0.338 e. The van der Waals surface area contributed by atoms with E-state index in [1.165, 1.54) is 0 Å². The van der Waals surface area contributed by atoms with E-state index in [0.29, 0.717) is 18.7 Å². The van der Waals surface area contributed by atoms with Gasteiger partial charge in [0.2, 0.25) is 0 Å². The summed E-state index contributed by atoms with van der Waals surface area (Å²) in [5, 5.41) is 1.07. The third kappa shape index (κ3) is 2.95. The molecule has 1 fully saturated rings. The number of hydrogen-bond acceptors (Lipinski definition) is 2. The van der Waals surface area contributed by atoms with Gasteiger partial charge in [0, 0.05) is 30.8 Å². The average molecular weight is 331 g/mol. The Kier molecular flexibility index (Phi) is 4.10. The van der Waals surface area contributed by atoms with Crippen LogP contribution in [0.3, 0.4) is 0 Å². The van der Waals surface area contributed by atoms with Crippen molar-refractivity contribution in [2.45, 2.75) is 18.9 Å². The van der Waals surface area contributed by atoms with Crippen LogP contribution in [0.15, 0.2) is 65.5 Å². The van der Waals surface area contributed by atoms with Crippen molar-refractivity contribution >= 4 is 16.8 Å². The molecule has 4 rings (SSSR count). The smallest absolute Gasteiger partial charge is 0.253 e. The van der Waals surface area contributed by atoms with E-state index in [1.54, 1.807) is 30.3 Å². The van der Waals surface area contributed by atoms with Crippen LogP contribution in [0.1, 0.15) is 29.2 Å². The van der Waals surface area contributed by atoms with Crippen LogP contribution in [0.2, 0.25) is 0 Å². The molecule has 1 aromatic heterocycles. The van der Waals surface area contributed by atoms with Gasteiger partial charge in [0.15, 0.2) is 0 Å². The summed E-state index contributed by atoms with van der Waals surface area (Å²) in [6, 6.07) is 21.7. The molecular formula is C21H19N2O2. The summed E-state index contributed by atoms with van der Waals surface area (Å²) in [4.78, 5) is 26.9. The zero-order valence-corrected chi connectivity index (χ0v) is 13.9. The first-order chi connectivity index (χ1) is 12.2. The van der Waals surface area contributed by atoms with Crippen LogP contribution in [0.5, 0.6) is 0 Å². The van der Waals surface area contributed by atoms with E-state index < -0.39 is 0 Å². The van der Waals surface area contributed by atoms with E-state index in [2.05, 4.69) is 6.07 Å². The predicted molar refractivity (Wildman–Crippen MR) is 97.7 cm³/mol. The topological polar surface area (TPSA) is 42.3 Å². The van der Waals surface area contributed by atoms with Crippen LogP contribution in [0.4, 0.5) is 0 Å². The van der Waals surface area contributed by atoms with Crippen LogP contribution in [0.25, 0.3) is 10.9 Å². The van der Waals surface area contributed by atoms with Crippen molar-refractivity contribution in [2.24, 2.45) is 0 Å². The second-order valence-corrected chi connectivity index (χ2v) is 6.41. The molecule has 3 aromatic rings. The van der Waals surface area contributed by atoms with Gasteiger partial charge in [0.1, 0.15) is 0 Å². The Morgan fingerprint density at radius 3 is 2.44 bits per heavy atom. The number of piperidine rings is 1. The Bertz CT molecular complexity index is 954. The van der Waals surface area contributed by atoms with Crippen molar-refractivity contribution in [2.75, 3.05) is 13.1 Å². The van der Waals surface area contributed by atoms with Crippen molar-refractivity contribution in [1.29, 1.82) is 0 Å². The first kappa shape index (κ1) is 15.6. The molecule has 1 aliphatic rings. The molecule has 1 saturated heterocycles. The van der Waals surface area contributed by atoms with Gasteiger partial charge in [-0.1, -0.05) is 30.3 Å². The van der Waals surface area contributed by atoms with Gasteiger partial charge in [-0.2, -0.15) is 0 Å². The second-order valence-electron chi connectivity index (χ2n) is 6.41. The normalized spacial score (nSPS) is 15.4. The van der Waals surface area contributed by atoms with Crippen LogP contribution < -0.4 is 5.56 Å². The van der Waals surface area contributed by atoms with Crippen molar-refractivity contribution in [3.8, 4) is 0 Å². The van der Waals surface area contributed by atoms with Gasteiger partial charge in [-0.3, -0.25) is 9.59 Å². The molecule has 1 radical (unpaired) electrons. The van der Waals surface area contributed by atoms with E-state index >= 15 is 0 Å². The van der Waals surface area contributed by atoms with E-state index in [0.717, 1.165) is 23.7 Å². The number of para-hydroxylation sites is 1. The van der Waals surface area contributed by atoms with Gasteiger partial charge in [-0.25, -0.2) is 0 Å². The van der Waals surface area contributed by atoms with Gasteiger partial charge in [0.05, 0.1) is 5.52 Å². The van der Waals surface area contributed by atoms with Crippen LogP contribution in [0, 0.1) is 6.07 Å². The summed E-state index contributed by atoms with van der Waals surface area (Å²) < 4.78 is 1.90. The largest absolute Gasteiger partial charge is 0.338 e. The molecule has 125 valence electrons. The number of carbonyl (C=O) groups excluding carboxylic acids is 1. The Morgan fingerprint density at radius 2 is 1.68 bits per heavy atom. The molecule has 1 amide bonds. The summed E-state index contributed by atoms with van der Waals surface area (Å²) in [6.45, 7) is 1.33. The molecule has 1 aliphatic heterocycles. The number of aromatic nitrogens is 1. The molecule has 4 nitrogen and oxygen atoms in total. The third-order valence-corrected chi connectivity index (χ3v) is 4.92. The molecule has 0 spiro atoms. The number of hydrogen-bond donors (Lipinski definition) is 0. The molecule has 0 saturated carbocycles. The molecule has 0 atom stereocenters. The lowest BCUT2D eigenvalue weighted by atomic mass is 10.0. The third-order valence-electron chi connectivity index (χ3n) is 4.92. The predicted octanol–water partition coefficient (Wildman–Crippen LogP) is 3.28. The van der Waals surface area contributed by atoms with E-state index in [-0.39, 0.29) is 17.5 Å². The van der Waals surface area contributed by atoms with Crippen LogP contribution in [-0.2, 0) is 0 Å². The minimum atomic E-state index is 0.0297. The summed E-state index contributed by atoms with van der Waals surface area (Å²) in [6.07, 6.45) is 1.58. The summed E-state index contributed by atoms with van der Waals surface area (Å²) >= 11 is 0. The summed E-state index contributed by atoms with van der Waals surface area (Å²) in [7, 11) is 0. The van der Waals surface area contributed by atoms with Crippen molar-refractivity contribution in [1.82, 2.24) is 9.47 Å². The number of pyridine rings is 1. The van der Waals surface area contributed by atoms with Crippen molar-refractivity contribution in [3.63, 3.8) is 0 Å². The zero-order chi connectivity index (χ0) is 17.2. The number of carbonyl (C=O) groups is 1. The fraction of sp³-hybridized carbons (Fsp3) is 0.238. The highest BCUT2D eigenvalue weighted by Gasteiger charge is 2.25. The van der Waals surface area contributed by atoms with Gasteiger partial charge in [-0.05, 0) is 48.6 Å². The number of likely N-dealkylation sites (tertiary alicyclic amines) is 1. The van der Waals surface area contributed by atoms with E-state index in [1.807, 2.05) is 39.8 Å². The maximum Gasteiger partial charge on any atom is 0.253 e. The molecule has 0 unspecified atom stereocenters.